The zero-order chi connectivity index (χ0) is 22.6. The van der Waals surface area contributed by atoms with Crippen molar-refractivity contribution in [1.82, 2.24) is 10.2 Å². The van der Waals surface area contributed by atoms with E-state index in [0.29, 0.717) is 25.1 Å². The summed E-state index contributed by atoms with van der Waals surface area (Å²) >= 11 is 0. The van der Waals surface area contributed by atoms with Gasteiger partial charge in [-0.3, -0.25) is 9.59 Å². The van der Waals surface area contributed by atoms with Crippen LogP contribution in [-0.4, -0.2) is 28.8 Å². The molecule has 2 fully saturated rings. The second kappa shape index (κ2) is 7.47. The largest absolute Gasteiger partial charge is 0.450 e. The van der Waals surface area contributed by atoms with E-state index in [9.17, 15) is 14.0 Å². The maximum Gasteiger partial charge on any atom is 0.290 e. The van der Waals surface area contributed by atoms with E-state index in [-0.39, 0.29) is 23.7 Å². The van der Waals surface area contributed by atoms with Crippen LogP contribution >= 0.6 is 0 Å². The van der Waals surface area contributed by atoms with Gasteiger partial charge in [-0.15, -0.1) is 0 Å². The highest BCUT2D eigenvalue weighted by Gasteiger charge is 2.51. The van der Waals surface area contributed by atoms with E-state index < -0.39 is 5.54 Å². The van der Waals surface area contributed by atoms with E-state index in [4.69, 9.17) is 4.42 Å². The molecule has 2 atom stereocenters. The minimum atomic E-state index is -0.546. The number of rotatable bonds is 2. The van der Waals surface area contributed by atoms with Crippen LogP contribution in [0.5, 0.6) is 0 Å². The molecule has 6 heteroatoms. The minimum absolute atomic E-state index is 0.00238. The monoisotopic (exact) mass is 434 g/mol. The number of benzene rings is 2. The molecule has 1 aromatic heterocycles. The van der Waals surface area contributed by atoms with Crippen molar-refractivity contribution in [3.63, 3.8) is 0 Å². The standard InChI is InChI=1S/C26H27FN2O3/c1-15-5-10-20-17(3)23(32-22(20)16(15)2)25(31)29-14-4-12-26(13-11-21(30)28-26)24(29)18-6-8-19(27)9-7-18/h5-10,24H,4,11-14H2,1-3H3,(H,28,30)/t24-,26+/m1/s1. The summed E-state index contributed by atoms with van der Waals surface area (Å²) in [6, 6.07) is 9.92. The summed E-state index contributed by atoms with van der Waals surface area (Å²) in [5, 5.41) is 4.11. The highest BCUT2D eigenvalue weighted by atomic mass is 19.1. The van der Waals surface area contributed by atoms with Crippen molar-refractivity contribution in [2.24, 2.45) is 0 Å². The van der Waals surface area contributed by atoms with Crippen molar-refractivity contribution in [2.75, 3.05) is 6.54 Å². The molecule has 32 heavy (non-hydrogen) atoms. The van der Waals surface area contributed by atoms with Gasteiger partial charge in [-0.25, -0.2) is 4.39 Å². The molecule has 1 spiro atoms. The van der Waals surface area contributed by atoms with Gasteiger partial charge in [0, 0.05) is 23.9 Å². The van der Waals surface area contributed by atoms with Crippen molar-refractivity contribution < 1.29 is 18.4 Å². The summed E-state index contributed by atoms with van der Waals surface area (Å²) in [4.78, 5) is 28.0. The average Bonchev–Trinajstić information content (AvgIpc) is 3.31. The van der Waals surface area contributed by atoms with E-state index in [0.717, 1.165) is 46.1 Å². The van der Waals surface area contributed by atoms with Crippen LogP contribution in [0.4, 0.5) is 4.39 Å². The maximum absolute atomic E-state index is 13.9. The number of piperidine rings is 1. The first kappa shape index (κ1) is 20.7. The van der Waals surface area contributed by atoms with Gasteiger partial charge in [-0.05, 0) is 68.9 Å². The van der Waals surface area contributed by atoms with Gasteiger partial charge in [0.15, 0.2) is 5.76 Å². The Morgan fingerprint density at radius 3 is 2.53 bits per heavy atom. The number of nitrogens with zero attached hydrogens (tertiary/aromatic N) is 1. The molecule has 0 unspecified atom stereocenters. The van der Waals surface area contributed by atoms with Crippen LogP contribution in [0.2, 0.25) is 0 Å². The Morgan fingerprint density at radius 2 is 1.84 bits per heavy atom. The molecule has 0 radical (unpaired) electrons. The third kappa shape index (κ3) is 3.12. The van der Waals surface area contributed by atoms with Crippen molar-refractivity contribution in [3.05, 3.63) is 70.2 Å². The van der Waals surface area contributed by atoms with Crippen LogP contribution in [0.3, 0.4) is 0 Å². The zero-order valence-electron chi connectivity index (χ0n) is 18.6. The number of hydrogen-bond donors (Lipinski definition) is 1. The fraction of sp³-hybridized carbons (Fsp3) is 0.385. The zero-order valence-corrected chi connectivity index (χ0v) is 18.6. The molecule has 1 N–H and O–H groups in total. The Morgan fingerprint density at radius 1 is 1.09 bits per heavy atom. The van der Waals surface area contributed by atoms with Crippen LogP contribution in [-0.2, 0) is 4.79 Å². The van der Waals surface area contributed by atoms with Gasteiger partial charge < -0.3 is 14.6 Å². The number of likely N-dealkylation sites (tertiary alicyclic amines) is 1. The smallest absolute Gasteiger partial charge is 0.290 e. The van der Waals surface area contributed by atoms with Crippen molar-refractivity contribution in [3.8, 4) is 0 Å². The third-order valence-electron chi connectivity index (χ3n) is 7.31. The Bertz CT molecular complexity index is 1230. The lowest BCUT2D eigenvalue weighted by atomic mass is 9.76. The Labute approximate surface area is 186 Å². The lowest BCUT2D eigenvalue weighted by Gasteiger charge is -2.48. The number of hydrogen-bond acceptors (Lipinski definition) is 3. The van der Waals surface area contributed by atoms with Crippen LogP contribution < -0.4 is 5.32 Å². The van der Waals surface area contributed by atoms with E-state index in [1.165, 1.54) is 12.1 Å². The number of nitrogens with one attached hydrogen (secondary N) is 1. The topological polar surface area (TPSA) is 62.6 Å². The highest BCUT2D eigenvalue weighted by molar-refractivity contribution is 6.00. The van der Waals surface area contributed by atoms with Gasteiger partial charge in [0.25, 0.3) is 5.91 Å². The summed E-state index contributed by atoms with van der Waals surface area (Å²) in [6.45, 7) is 6.49. The summed E-state index contributed by atoms with van der Waals surface area (Å²) in [5.74, 6) is -0.184. The molecule has 3 heterocycles. The maximum atomic E-state index is 13.9. The SMILES string of the molecule is Cc1ccc2c(C)c(C(=O)N3CCC[C@]4(CCC(=O)N4)[C@H]3c3ccc(F)cc3)oc2c1C. The lowest BCUT2D eigenvalue weighted by molar-refractivity contribution is -0.120. The van der Waals surface area contributed by atoms with Crippen molar-refractivity contribution >= 4 is 22.8 Å². The quantitative estimate of drug-likeness (QED) is 0.609. The van der Waals surface area contributed by atoms with Crippen LogP contribution in [0.15, 0.2) is 40.8 Å². The number of carbonyl (C=O) groups is 2. The third-order valence-corrected chi connectivity index (χ3v) is 7.31. The summed E-state index contributed by atoms with van der Waals surface area (Å²) in [5.41, 5.74) is 3.97. The first-order valence-corrected chi connectivity index (χ1v) is 11.2. The number of fused-ring (bicyclic) bond motifs is 1. The van der Waals surface area contributed by atoms with Gasteiger partial charge in [-0.2, -0.15) is 0 Å². The van der Waals surface area contributed by atoms with E-state index >= 15 is 0 Å². The first-order valence-electron chi connectivity index (χ1n) is 11.2. The molecule has 0 saturated carbocycles. The molecule has 2 aliphatic heterocycles. The van der Waals surface area contributed by atoms with Crippen LogP contribution in [0, 0.1) is 26.6 Å². The average molecular weight is 435 g/mol. The molecule has 5 rings (SSSR count). The van der Waals surface area contributed by atoms with Gasteiger partial charge in [0.2, 0.25) is 5.91 Å². The fourth-order valence-corrected chi connectivity index (χ4v) is 5.48. The number of amides is 2. The molecule has 2 aliphatic rings. The Hall–Kier alpha value is -3.15. The minimum Gasteiger partial charge on any atom is -0.450 e. The normalized spacial score (nSPS) is 23.2. The van der Waals surface area contributed by atoms with Crippen molar-refractivity contribution in [1.29, 1.82) is 0 Å². The number of carbonyl (C=O) groups excluding carboxylic acids is 2. The Balaban J connectivity index is 1.62. The van der Waals surface area contributed by atoms with Crippen LogP contribution in [0.1, 0.15) is 64.5 Å². The fourth-order valence-electron chi connectivity index (χ4n) is 5.48. The molecule has 2 aromatic carbocycles. The molecule has 166 valence electrons. The summed E-state index contributed by atoms with van der Waals surface area (Å²) in [7, 11) is 0. The predicted octanol–water partition coefficient (Wildman–Crippen LogP) is 5.12. The molecule has 2 amide bonds. The molecule has 0 aliphatic carbocycles. The van der Waals surface area contributed by atoms with E-state index in [1.807, 2.05) is 37.8 Å². The number of halogens is 1. The first-order chi connectivity index (χ1) is 15.3. The van der Waals surface area contributed by atoms with Gasteiger partial charge in [-0.1, -0.05) is 24.3 Å². The number of furan rings is 1. The van der Waals surface area contributed by atoms with Gasteiger partial charge in [0.1, 0.15) is 11.4 Å². The van der Waals surface area contributed by atoms with Gasteiger partial charge >= 0.3 is 0 Å². The lowest BCUT2D eigenvalue weighted by Crippen LogP contribution is -2.58. The second-order valence-electron chi connectivity index (χ2n) is 9.20. The molecular formula is C26H27FN2O3. The summed E-state index contributed by atoms with van der Waals surface area (Å²) in [6.07, 6.45) is 2.64. The van der Waals surface area contributed by atoms with Crippen molar-refractivity contribution in [2.45, 2.75) is 58.0 Å². The molecule has 2 saturated heterocycles. The predicted molar refractivity (Wildman–Crippen MR) is 120 cm³/mol. The number of aryl methyl sites for hydroxylation is 3. The Kier molecular flexibility index (Phi) is 4.84. The van der Waals surface area contributed by atoms with Crippen LogP contribution in [0.25, 0.3) is 11.0 Å². The highest BCUT2D eigenvalue weighted by Crippen LogP contribution is 2.45. The molecule has 5 nitrogen and oxygen atoms in total. The summed E-state index contributed by atoms with van der Waals surface area (Å²) < 4.78 is 19.8. The van der Waals surface area contributed by atoms with E-state index in [1.54, 1.807) is 12.1 Å². The van der Waals surface area contributed by atoms with E-state index in [2.05, 4.69) is 5.32 Å². The second-order valence-corrected chi connectivity index (χ2v) is 9.20. The molecule has 0 bridgehead atoms. The molecular weight excluding hydrogens is 407 g/mol. The van der Waals surface area contributed by atoms with Gasteiger partial charge in [0.05, 0.1) is 11.6 Å². The molecule has 3 aromatic rings.